The molecule has 0 aliphatic heterocycles. The van der Waals surface area contributed by atoms with Gasteiger partial charge in [0.2, 0.25) is 0 Å². The fourth-order valence-electron chi connectivity index (χ4n) is 1.70. The molecule has 0 bridgehead atoms. The van der Waals surface area contributed by atoms with Crippen molar-refractivity contribution in [1.29, 1.82) is 0 Å². The highest BCUT2D eigenvalue weighted by atomic mass is 35.5. The molecule has 0 N–H and O–H groups in total. The fourth-order valence-corrected chi connectivity index (χ4v) is 1.84. The smallest absolute Gasteiger partial charge is 0.341 e. The summed E-state index contributed by atoms with van der Waals surface area (Å²) >= 11 is 5.73. The number of para-hydroxylation sites is 1. The van der Waals surface area contributed by atoms with Gasteiger partial charge in [-0.2, -0.15) is 4.98 Å². The van der Waals surface area contributed by atoms with Gasteiger partial charge in [0.05, 0.1) is 17.3 Å². The van der Waals surface area contributed by atoms with E-state index in [1.807, 2.05) is 30.3 Å². The van der Waals surface area contributed by atoms with Crippen LogP contribution in [0.2, 0.25) is 0 Å². The standard InChI is InChI=1S/C14H11ClN4O/c15-9-11-8-13(6-7-16-11)20-14-17-10-19(18-14)12-4-2-1-3-5-12/h1-8,10H,9H2. The third-order valence-corrected chi connectivity index (χ3v) is 2.90. The lowest BCUT2D eigenvalue weighted by atomic mass is 10.3. The maximum atomic E-state index is 5.73. The van der Waals surface area contributed by atoms with Gasteiger partial charge in [-0.25, -0.2) is 4.68 Å². The molecule has 6 heteroatoms. The van der Waals surface area contributed by atoms with E-state index < -0.39 is 0 Å². The van der Waals surface area contributed by atoms with Crippen molar-refractivity contribution in [1.82, 2.24) is 19.7 Å². The fraction of sp³-hybridized carbons (Fsp3) is 0.0714. The predicted molar refractivity (Wildman–Crippen MR) is 75.2 cm³/mol. The van der Waals surface area contributed by atoms with Crippen molar-refractivity contribution in [3.05, 3.63) is 60.7 Å². The highest BCUT2D eigenvalue weighted by molar-refractivity contribution is 6.16. The van der Waals surface area contributed by atoms with Gasteiger partial charge in [-0.15, -0.1) is 16.7 Å². The first kappa shape index (κ1) is 12.6. The summed E-state index contributed by atoms with van der Waals surface area (Å²) in [7, 11) is 0. The number of hydrogen-bond donors (Lipinski definition) is 0. The first-order valence-corrected chi connectivity index (χ1v) is 6.54. The molecule has 0 saturated carbocycles. The van der Waals surface area contributed by atoms with Crippen LogP contribution in [0.4, 0.5) is 0 Å². The molecule has 3 rings (SSSR count). The largest absolute Gasteiger partial charge is 0.423 e. The van der Waals surface area contributed by atoms with Gasteiger partial charge in [-0.3, -0.25) is 4.98 Å². The van der Waals surface area contributed by atoms with E-state index in [1.54, 1.807) is 29.3 Å². The van der Waals surface area contributed by atoms with E-state index in [0.29, 0.717) is 11.6 Å². The SMILES string of the molecule is ClCc1cc(Oc2ncn(-c3ccccc3)n2)ccn1. The van der Waals surface area contributed by atoms with Crippen molar-refractivity contribution in [3.8, 4) is 17.4 Å². The Morgan fingerprint density at radius 1 is 1.10 bits per heavy atom. The summed E-state index contributed by atoms with van der Waals surface area (Å²) in [6.07, 6.45) is 3.25. The van der Waals surface area contributed by atoms with Crippen LogP contribution < -0.4 is 4.74 Å². The molecule has 0 radical (unpaired) electrons. The van der Waals surface area contributed by atoms with Crippen molar-refractivity contribution in [3.63, 3.8) is 0 Å². The highest BCUT2D eigenvalue weighted by Crippen LogP contribution is 2.19. The lowest BCUT2D eigenvalue weighted by molar-refractivity contribution is 0.440. The number of hydrogen-bond acceptors (Lipinski definition) is 4. The van der Waals surface area contributed by atoms with Crippen LogP contribution in [0.25, 0.3) is 5.69 Å². The Morgan fingerprint density at radius 2 is 1.95 bits per heavy atom. The first-order chi connectivity index (χ1) is 9.85. The van der Waals surface area contributed by atoms with E-state index in [4.69, 9.17) is 16.3 Å². The minimum Gasteiger partial charge on any atom is -0.423 e. The van der Waals surface area contributed by atoms with Crippen molar-refractivity contribution in [2.75, 3.05) is 0 Å². The summed E-state index contributed by atoms with van der Waals surface area (Å²) < 4.78 is 7.23. The summed E-state index contributed by atoms with van der Waals surface area (Å²) in [6.45, 7) is 0. The Labute approximate surface area is 120 Å². The monoisotopic (exact) mass is 286 g/mol. The van der Waals surface area contributed by atoms with Gasteiger partial charge in [0, 0.05) is 12.3 Å². The van der Waals surface area contributed by atoms with Crippen LogP contribution in [0.15, 0.2) is 55.0 Å². The molecule has 0 aliphatic rings. The molecular formula is C14H11ClN4O. The van der Waals surface area contributed by atoms with Gasteiger partial charge in [-0.1, -0.05) is 18.2 Å². The number of halogens is 1. The third kappa shape index (κ3) is 2.78. The molecule has 0 saturated heterocycles. The number of alkyl halides is 1. The van der Waals surface area contributed by atoms with Crippen molar-refractivity contribution < 1.29 is 4.74 Å². The quantitative estimate of drug-likeness (QED) is 0.691. The molecule has 0 aliphatic carbocycles. The molecule has 2 aromatic heterocycles. The Morgan fingerprint density at radius 3 is 2.75 bits per heavy atom. The van der Waals surface area contributed by atoms with Crippen LogP contribution in [-0.4, -0.2) is 19.7 Å². The first-order valence-electron chi connectivity index (χ1n) is 6.01. The second-order valence-corrected chi connectivity index (χ2v) is 4.29. The molecule has 100 valence electrons. The number of aromatic nitrogens is 4. The van der Waals surface area contributed by atoms with Gasteiger partial charge in [0.15, 0.2) is 0 Å². The summed E-state index contributed by atoms with van der Waals surface area (Å²) in [5.41, 5.74) is 1.66. The maximum absolute atomic E-state index is 5.73. The lowest BCUT2D eigenvalue weighted by Crippen LogP contribution is -1.95. The second-order valence-electron chi connectivity index (χ2n) is 4.03. The van der Waals surface area contributed by atoms with E-state index in [1.165, 1.54) is 0 Å². The molecule has 1 aromatic carbocycles. The molecule has 0 unspecified atom stereocenters. The lowest BCUT2D eigenvalue weighted by Gasteiger charge is -2.02. The van der Waals surface area contributed by atoms with Gasteiger partial charge < -0.3 is 4.74 Å². The summed E-state index contributed by atoms with van der Waals surface area (Å²) in [4.78, 5) is 8.21. The number of ether oxygens (including phenoxy) is 1. The van der Waals surface area contributed by atoms with Crippen LogP contribution in [0.3, 0.4) is 0 Å². The Bertz CT molecular complexity index is 699. The van der Waals surface area contributed by atoms with Crippen molar-refractivity contribution >= 4 is 11.6 Å². The number of pyridine rings is 1. The summed E-state index contributed by atoms with van der Waals surface area (Å²) in [6, 6.07) is 13.5. The van der Waals surface area contributed by atoms with Crippen LogP contribution in [0.1, 0.15) is 5.69 Å². The second kappa shape index (κ2) is 5.71. The molecule has 0 amide bonds. The molecule has 3 aromatic rings. The van der Waals surface area contributed by atoms with Gasteiger partial charge in [0.1, 0.15) is 12.1 Å². The van der Waals surface area contributed by atoms with Crippen LogP contribution in [0.5, 0.6) is 11.8 Å². The zero-order chi connectivity index (χ0) is 13.8. The van der Waals surface area contributed by atoms with E-state index in [-0.39, 0.29) is 6.01 Å². The van der Waals surface area contributed by atoms with Gasteiger partial charge in [-0.05, 0) is 18.2 Å². The molecule has 0 spiro atoms. The minimum atomic E-state index is 0.278. The van der Waals surface area contributed by atoms with Crippen molar-refractivity contribution in [2.24, 2.45) is 0 Å². The molecule has 20 heavy (non-hydrogen) atoms. The molecule has 0 fully saturated rings. The number of benzene rings is 1. The maximum Gasteiger partial charge on any atom is 0.341 e. The minimum absolute atomic E-state index is 0.278. The third-order valence-electron chi connectivity index (χ3n) is 2.63. The molecule has 0 atom stereocenters. The van der Waals surface area contributed by atoms with Crippen LogP contribution in [-0.2, 0) is 5.88 Å². The number of nitrogens with zero attached hydrogens (tertiary/aromatic N) is 4. The van der Waals surface area contributed by atoms with Crippen molar-refractivity contribution in [2.45, 2.75) is 5.88 Å². The highest BCUT2D eigenvalue weighted by Gasteiger charge is 2.05. The molecule has 2 heterocycles. The average molecular weight is 287 g/mol. The molecular weight excluding hydrogens is 276 g/mol. The molecule has 5 nitrogen and oxygen atoms in total. The van der Waals surface area contributed by atoms with Gasteiger partial charge in [0.25, 0.3) is 0 Å². The Balaban J connectivity index is 1.80. The van der Waals surface area contributed by atoms with E-state index in [2.05, 4.69) is 15.1 Å². The van der Waals surface area contributed by atoms with E-state index >= 15 is 0 Å². The zero-order valence-electron chi connectivity index (χ0n) is 10.5. The summed E-state index contributed by atoms with van der Waals surface area (Å²) in [5.74, 6) is 0.949. The Hall–Kier alpha value is -2.40. The number of rotatable bonds is 4. The van der Waals surface area contributed by atoms with E-state index in [9.17, 15) is 0 Å². The van der Waals surface area contributed by atoms with Gasteiger partial charge >= 0.3 is 6.01 Å². The van der Waals surface area contributed by atoms with E-state index in [0.717, 1.165) is 11.4 Å². The summed E-state index contributed by atoms with van der Waals surface area (Å²) in [5, 5.41) is 4.26. The predicted octanol–water partition coefficient (Wildman–Crippen LogP) is 3.19. The normalized spacial score (nSPS) is 10.4. The Kier molecular flexibility index (Phi) is 3.60. The average Bonchev–Trinajstić information content (AvgIpc) is 2.97. The topological polar surface area (TPSA) is 52.8 Å². The van der Waals surface area contributed by atoms with Crippen LogP contribution >= 0.6 is 11.6 Å². The zero-order valence-corrected chi connectivity index (χ0v) is 11.2. The van der Waals surface area contributed by atoms with Crippen LogP contribution in [0, 0.1) is 0 Å².